The summed E-state index contributed by atoms with van der Waals surface area (Å²) in [5.41, 5.74) is 1.80. The molecule has 26 heavy (non-hydrogen) atoms. The van der Waals surface area contributed by atoms with E-state index in [0.717, 1.165) is 0 Å². The minimum atomic E-state index is -0.233. The number of methoxy groups -OCH3 is 1. The highest BCUT2D eigenvalue weighted by atomic mass is 79.9. The fourth-order valence-electron chi connectivity index (χ4n) is 2.25. The number of carbonyl (C=O) groups excluding carboxylic acids is 2. The maximum Gasteiger partial charge on any atom is 0.265 e. The number of ether oxygens (including phenoxy) is 1. The van der Waals surface area contributed by atoms with Gasteiger partial charge in [-0.1, -0.05) is 6.07 Å². The second-order valence-corrected chi connectivity index (χ2v) is 7.11. The molecule has 2 amide bonds. The minimum absolute atomic E-state index is 0.153. The Kier molecular flexibility index (Phi) is 5.70. The van der Waals surface area contributed by atoms with Crippen LogP contribution in [0.1, 0.15) is 20.0 Å². The number of halogens is 1. The van der Waals surface area contributed by atoms with E-state index in [0.29, 0.717) is 32.0 Å². The molecule has 0 bridgehead atoms. The van der Waals surface area contributed by atoms with Crippen molar-refractivity contribution in [3.05, 3.63) is 74.9 Å². The first kappa shape index (κ1) is 18.2. The van der Waals surface area contributed by atoms with Gasteiger partial charge in [0.05, 0.1) is 16.5 Å². The van der Waals surface area contributed by atoms with Gasteiger partial charge in [0.1, 0.15) is 5.75 Å². The number of anilines is 2. The van der Waals surface area contributed by atoms with Gasteiger partial charge < -0.3 is 15.4 Å². The first-order valence-electron chi connectivity index (χ1n) is 7.66. The number of rotatable bonds is 5. The lowest BCUT2D eigenvalue weighted by Gasteiger charge is -2.09. The molecule has 2 N–H and O–H groups in total. The zero-order valence-corrected chi connectivity index (χ0v) is 16.2. The van der Waals surface area contributed by atoms with Crippen molar-refractivity contribution in [1.82, 2.24) is 0 Å². The Bertz CT molecular complexity index is 924. The summed E-state index contributed by atoms with van der Waals surface area (Å²) >= 11 is 4.75. The highest BCUT2D eigenvalue weighted by molar-refractivity contribution is 9.10. The summed E-state index contributed by atoms with van der Waals surface area (Å²) in [4.78, 5) is 25.0. The van der Waals surface area contributed by atoms with Gasteiger partial charge in [-0.3, -0.25) is 9.59 Å². The maximum absolute atomic E-state index is 12.3. The molecule has 3 aromatic rings. The molecule has 0 unspecified atom stereocenters. The summed E-state index contributed by atoms with van der Waals surface area (Å²) in [6.07, 6.45) is 0. The number of thiophene rings is 1. The fourth-order valence-corrected chi connectivity index (χ4v) is 3.41. The summed E-state index contributed by atoms with van der Waals surface area (Å²) in [6.45, 7) is 0. The summed E-state index contributed by atoms with van der Waals surface area (Å²) in [6, 6.07) is 15.7. The van der Waals surface area contributed by atoms with E-state index in [1.54, 1.807) is 55.6 Å². The van der Waals surface area contributed by atoms with Crippen molar-refractivity contribution in [3.8, 4) is 5.75 Å². The molecular weight excluding hydrogens is 416 g/mol. The third-order valence-corrected chi connectivity index (χ3v) is 5.05. The predicted molar refractivity (Wildman–Crippen MR) is 107 cm³/mol. The molecule has 0 radical (unpaired) electrons. The van der Waals surface area contributed by atoms with Crippen LogP contribution in [0.4, 0.5) is 11.4 Å². The molecule has 0 saturated heterocycles. The third-order valence-electron chi connectivity index (χ3n) is 3.56. The van der Waals surface area contributed by atoms with Crippen molar-refractivity contribution < 1.29 is 14.3 Å². The summed E-state index contributed by atoms with van der Waals surface area (Å²) in [5, 5.41) is 7.49. The largest absolute Gasteiger partial charge is 0.496 e. The number of benzene rings is 2. The van der Waals surface area contributed by atoms with Gasteiger partial charge in [0.2, 0.25) is 0 Å². The van der Waals surface area contributed by atoms with Gasteiger partial charge in [0.25, 0.3) is 11.8 Å². The standard InChI is InChI=1S/C19H15BrN2O3S/c1-25-16-9-4-12(11-15(16)20)18(23)21-13-5-7-14(8-6-13)22-19(24)17-3-2-10-26-17/h2-11H,1H3,(H,21,23)(H,22,24). The Labute approximate surface area is 163 Å². The van der Waals surface area contributed by atoms with Gasteiger partial charge in [-0.05, 0) is 69.8 Å². The molecule has 132 valence electrons. The second-order valence-electron chi connectivity index (χ2n) is 5.31. The average molecular weight is 431 g/mol. The van der Waals surface area contributed by atoms with E-state index in [4.69, 9.17) is 4.74 Å². The molecule has 0 aliphatic rings. The lowest BCUT2D eigenvalue weighted by molar-refractivity contribution is 0.102. The van der Waals surface area contributed by atoms with Crippen LogP contribution >= 0.6 is 27.3 Å². The van der Waals surface area contributed by atoms with E-state index >= 15 is 0 Å². The summed E-state index contributed by atoms with van der Waals surface area (Å²) in [7, 11) is 1.57. The van der Waals surface area contributed by atoms with Crippen LogP contribution < -0.4 is 15.4 Å². The van der Waals surface area contributed by atoms with Crippen LogP contribution in [-0.2, 0) is 0 Å². The SMILES string of the molecule is COc1ccc(C(=O)Nc2ccc(NC(=O)c3cccs3)cc2)cc1Br. The lowest BCUT2D eigenvalue weighted by atomic mass is 10.2. The number of amides is 2. The number of hydrogen-bond acceptors (Lipinski definition) is 4. The zero-order chi connectivity index (χ0) is 18.5. The lowest BCUT2D eigenvalue weighted by Crippen LogP contribution is -2.12. The van der Waals surface area contributed by atoms with Crippen molar-refractivity contribution in [3.63, 3.8) is 0 Å². The first-order chi connectivity index (χ1) is 12.6. The fraction of sp³-hybridized carbons (Fsp3) is 0.0526. The van der Waals surface area contributed by atoms with Gasteiger partial charge >= 0.3 is 0 Å². The van der Waals surface area contributed by atoms with Crippen LogP contribution in [0.5, 0.6) is 5.75 Å². The van der Waals surface area contributed by atoms with Crippen molar-refractivity contribution in [2.24, 2.45) is 0 Å². The molecule has 0 aliphatic carbocycles. The van der Waals surface area contributed by atoms with Crippen LogP contribution in [0.2, 0.25) is 0 Å². The topological polar surface area (TPSA) is 67.4 Å². The molecule has 7 heteroatoms. The molecule has 3 rings (SSSR count). The van der Waals surface area contributed by atoms with E-state index in [9.17, 15) is 9.59 Å². The van der Waals surface area contributed by atoms with E-state index < -0.39 is 0 Å². The van der Waals surface area contributed by atoms with Gasteiger partial charge in [0.15, 0.2) is 0 Å². The second kappa shape index (κ2) is 8.16. The highest BCUT2D eigenvalue weighted by Gasteiger charge is 2.10. The van der Waals surface area contributed by atoms with Crippen molar-refractivity contribution in [2.45, 2.75) is 0 Å². The van der Waals surface area contributed by atoms with Crippen molar-refractivity contribution >= 4 is 50.5 Å². The van der Waals surface area contributed by atoms with Crippen LogP contribution in [0.15, 0.2) is 64.5 Å². The predicted octanol–water partition coefficient (Wildman–Crippen LogP) is 5.02. The Hall–Kier alpha value is -2.64. The quantitative estimate of drug-likeness (QED) is 0.596. The summed E-state index contributed by atoms with van der Waals surface area (Å²) < 4.78 is 5.86. The third kappa shape index (κ3) is 4.30. The molecule has 0 saturated carbocycles. The zero-order valence-electron chi connectivity index (χ0n) is 13.8. The van der Waals surface area contributed by atoms with Crippen LogP contribution in [0.25, 0.3) is 0 Å². The van der Waals surface area contributed by atoms with E-state index in [1.807, 2.05) is 11.4 Å². The molecule has 5 nitrogen and oxygen atoms in total. The van der Waals surface area contributed by atoms with E-state index in [-0.39, 0.29) is 11.8 Å². The monoisotopic (exact) mass is 430 g/mol. The Morgan fingerprint density at radius 1 is 0.962 bits per heavy atom. The van der Waals surface area contributed by atoms with Gasteiger partial charge in [-0.2, -0.15) is 0 Å². The maximum atomic E-state index is 12.3. The molecular formula is C19H15BrN2O3S. The van der Waals surface area contributed by atoms with Crippen molar-refractivity contribution in [1.29, 1.82) is 0 Å². The van der Waals surface area contributed by atoms with Gasteiger partial charge in [0, 0.05) is 16.9 Å². The normalized spacial score (nSPS) is 10.2. The number of hydrogen-bond donors (Lipinski definition) is 2. The van der Waals surface area contributed by atoms with Crippen LogP contribution in [-0.4, -0.2) is 18.9 Å². The molecule has 0 atom stereocenters. The molecule has 1 heterocycles. The van der Waals surface area contributed by atoms with Crippen LogP contribution in [0.3, 0.4) is 0 Å². The molecule has 2 aromatic carbocycles. The Morgan fingerprint density at radius 3 is 2.15 bits per heavy atom. The first-order valence-corrected chi connectivity index (χ1v) is 9.34. The van der Waals surface area contributed by atoms with E-state index in [2.05, 4.69) is 26.6 Å². The smallest absolute Gasteiger partial charge is 0.265 e. The highest BCUT2D eigenvalue weighted by Crippen LogP contribution is 2.26. The van der Waals surface area contributed by atoms with Gasteiger partial charge in [-0.15, -0.1) is 11.3 Å². The molecule has 0 aliphatic heterocycles. The number of carbonyl (C=O) groups is 2. The minimum Gasteiger partial charge on any atom is -0.496 e. The molecule has 0 spiro atoms. The van der Waals surface area contributed by atoms with Gasteiger partial charge in [-0.25, -0.2) is 0 Å². The Morgan fingerprint density at radius 2 is 1.62 bits per heavy atom. The average Bonchev–Trinajstić information content (AvgIpc) is 3.18. The molecule has 1 aromatic heterocycles. The van der Waals surface area contributed by atoms with E-state index in [1.165, 1.54) is 11.3 Å². The summed E-state index contributed by atoms with van der Waals surface area (Å²) in [5.74, 6) is 0.274. The Balaban J connectivity index is 1.64. The molecule has 0 fully saturated rings. The van der Waals surface area contributed by atoms with Crippen molar-refractivity contribution in [2.75, 3.05) is 17.7 Å². The number of nitrogens with one attached hydrogen (secondary N) is 2. The van der Waals surface area contributed by atoms with Crippen LogP contribution in [0, 0.1) is 0 Å².